The van der Waals surface area contributed by atoms with Gasteiger partial charge in [0.25, 0.3) is 0 Å². The van der Waals surface area contributed by atoms with Gasteiger partial charge < -0.3 is 50.5 Å². The molecule has 2 aliphatic rings. The van der Waals surface area contributed by atoms with Crippen molar-refractivity contribution in [3.63, 3.8) is 0 Å². The number of fused-ring (bicyclic) bond motifs is 2. The number of hydrogen-bond donors (Lipinski definition) is 6. The van der Waals surface area contributed by atoms with Crippen molar-refractivity contribution in [3.8, 4) is 11.8 Å². The number of ether oxygens (including phenoxy) is 2. The van der Waals surface area contributed by atoms with Crippen molar-refractivity contribution >= 4 is 56.3 Å². The highest BCUT2D eigenvalue weighted by molar-refractivity contribution is 14.1. The number of rotatable bonds is 4. The van der Waals surface area contributed by atoms with Crippen LogP contribution >= 0.6 is 22.6 Å². The molecule has 2 saturated heterocycles. The Morgan fingerprint density at radius 2 is 1.39 bits per heavy atom. The maximum atomic E-state index is 9.91. The van der Waals surface area contributed by atoms with Gasteiger partial charge in [0.05, 0.1) is 41.8 Å². The van der Waals surface area contributed by atoms with Crippen LogP contribution < -0.4 is 11.5 Å². The number of hydrogen-bond acceptors (Lipinski definition) is 12. The fourth-order valence-corrected chi connectivity index (χ4v) is 5.81. The Morgan fingerprint density at radius 3 is 1.90 bits per heavy atom. The van der Waals surface area contributed by atoms with E-state index < -0.39 is 30.6 Å². The number of aromatic nitrogens is 6. The monoisotopic (exact) mass is 678 g/mol. The van der Waals surface area contributed by atoms with Gasteiger partial charge in [-0.1, -0.05) is 18.8 Å². The molecular formula is C26H31IN8O6. The Balaban J connectivity index is 0.000000166. The molecule has 14 nitrogen and oxygen atoms in total. The summed E-state index contributed by atoms with van der Waals surface area (Å²) in [5.41, 5.74) is 13.8. The van der Waals surface area contributed by atoms with Crippen molar-refractivity contribution in [1.82, 2.24) is 29.1 Å². The van der Waals surface area contributed by atoms with E-state index in [9.17, 15) is 15.3 Å². The van der Waals surface area contributed by atoms with Crippen LogP contribution in [-0.4, -0.2) is 87.1 Å². The Hall–Kier alpha value is -3.11. The molecule has 6 atom stereocenters. The minimum absolute atomic E-state index is 0.203. The Bertz CT molecular complexity index is 1600. The van der Waals surface area contributed by atoms with E-state index in [-0.39, 0.29) is 19.4 Å². The third-order valence-corrected chi connectivity index (χ3v) is 7.84. The Labute approximate surface area is 248 Å². The van der Waals surface area contributed by atoms with Crippen LogP contribution in [0.5, 0.6) is 0 Å². The third kappa shape index (κ3) is 5.68. The molecule has 0 amide bonds. The zero-order chi connectivity index (χ0) is 29.3. The van der Waals surface area contributed by atoms with Gasteiger partial charge in [0.1, 0.15) is 60.2 Å². The second-order valence-corrected chi connectivity index (χ2v) is 10.8. The molecule has 4 aromatic rings. The van der Waals surface area contributed by atoms with Gasteiger partial charge in [-0.3, -0.25) is 0 Å². The molecule has 0 saturated carbocycles. The van der Waals surface area contributed by atoms with Crippen LogP contribution in [0, 0.1) is 15.4 Å². The molecule has 4 aromatic heterocycles. The lowest BCUT2D eigenvalue weighted by molar-refractivity contribution is -0.0430. The van der Waals surface area contributed by atoms with E-state index in [1.54, 1.807) is 4.57 Å². The van der Waals surface area contributed by atoms with Crippen LogP contribution in [0.15, 0.2) is 25.0 Å². The minimum atomic E-state index is -0.711. The SMILES string of the molecule is CCC#Cc1cn(C2CC(O)C(CO)O2)c2ncnc(N)c12.Nc1ncnc2c1c(I)cn2C1CC(O)C(CO)O1. The highest BCUT2D eigenvalue weighted by Crippen LogP contribution is 2.35. The van der Waals surface area contributed by atoms with Gasteiger partial charge in [0, 0.05) is 35.2 Å². The fraction of sp³-hybridized carbons (Fsp3) is 0.462. The first-order chi connectivity index (χ1) is 19.8. The number of aliphatic hydroxyl groups excluding tert-OH is 4. The lowest BCUT2D eigenvalue weighted by Crippen LogP contribution is -2.24. The largest absolute Gasteiger partial charge is 0.394 e. The molecule has 0 bridgehead atoms. The van der Waals surface area contributed by atoms with Crippen LogP contribution in [0.4, 0.5) is 11.6 Å². The standard InChI is InChI=1S/C15H18N4O3.C11H13IN4O3/c1-2-3-4-9-6-19(12-5-10(21)11(7-20)22-12)15-13(9)14(16)17-8-18-15;12-5-2-16(8-1-6(18)7(3-17)19-8)11-9(5)10(13)14-4-15-11/h6,8,10-12,20-21H,2,5,7H2,1H3,(H2,16,17,18);2,4,6-8,17-18H,1,3H2,(H2,13,14,15). The summed E-state index contributed by atoms with van der Waals surface area (Å²) < 4.78 is 15.9. The molecule has 8 N–H and O–H groups in total. The number of nitrogens with zero attached hydrogens (tertiary/aromatic N) is 6. The predicted molar refractivity (Wildman–Crippen MR) is 157 cm³/mol. The van der Waals surface area contributed by atoms with Crippen molar-refractivity contribution in [1.29, 1.82) is 0 Å². The van der Waals surface area contributed by atoms with E-state index in [1.807, 2.05) is 23.9 Å². The first kappa shape index (κ1) is 29.4. The molecule has 2 aliphatic heterocycles. The number of nitrogens with two attached hydrogens (primary N) is 2. The molecule has 0 radical (unpaired) electrons. The minimum Gasteiger partial charge on any atom is -0.394 e. The second-order valence-electron chi connectivity index (χ2n) is 9.63. The van der Waals surface area contributed by atoms with E-state index in [0.717, 1.165) is 20.9 Å². The van der Waals surface area contributed by atoms with Crippen LogP contribution in [0.2, 0.25) is 0 Å². The van der Waals surface area contributed by atoms with Crippen LogP contribution in [-0.2, 0) is 9.47 Å². The van der Waals surface area contributed by atoms with E-state index in [1.165, 1.54) is 12.7 Å². The summed E-state index contributed by atoms with van der Waals surface area (Å²) in [6.07, 6.45) is 4.68. The van der Waals surface area contributed by atoms with Crippen LogP contribution in [0.25, 0.3) is 22.1 Å². The van der Waals surface area contributed by atoms with Gasteiger partial charge in [-0.05, 0) is 22.6 Å². The van der Waals surface area contributed by atoms with Crippen molar-refractivity contribution < 1.29 is 29.9 Å². The lowest BCUT2D eigenvalue weighted by atomic mass is 10.2. The van der Waals surface area contributed by atoms with Crippen molar-refractivity contribution in [2.24, 2.45) is 0 Å². The summed E-state index contributed by atoms with van der Waals surface area (Å²) in [6, 6.07) is 0. The predicted octanol–water partition coefficient (Wildman–Crippen LogP) is 0.674. The number of anilines is 2. The van der Waals surface area contributed by atoms with Crippen molar-refractivity contribution in [3.05, 3.63) is 34.2 Å². The van der Waals surface area contributed by atoms with E-state index in [4.69, 9.17) is 26.0 Å². The van der Waals surface area contributed by atoms with Crippen molar-refractivity contribution in [2.45, 2.75) is 63.1 Å². The summed E-state index contributed by atoms with van der Waals surface area (Å²) in [4.78, 5) is 16.5. The summed E-state index contributed by atoms with van der Waals surface area (Å²) in [5.74, 6) is 6.86. The van der Waals surface area contributed by atoms with Gasteiger partial charge >= 0.3 is 0 Å². The topological polar surface area (TPSA) is 213 Å². The maximum Gasteiger partial charge on any atom is 0.148 e. The summed E-state index contributed by atoms with van der Waals surface area (Å²) in [5, 5.41) is 39.5. The number of aliphatic hydroxyl groups is 4. The second kappa shape index (κ2) is 12.4. The van der Waals surface area contributed by atoms with Gasteiger partial charge in [0.15, 0.2) is 0 Å². The molecule has 6 unspecified atom stereocenters. The van der Waals surface area contributed by atoms with Gasteiger partial charge in [-0.2, -0.15) is 0 Å². The average Bonchev–Trinajstić information content (AvgIpc) is 3.71. The molecule has 15 heteroatoms. The maximum absolute atomic E-state index is 9.91. The molecule has 6 heterocycles. The molecule has 0 aliphatic carbocycles. The smallest absolute Gasteiger partial charge is 0.148 e. The number of halogens is 1. The molecule has 2 fully saturated rings. The van der Waals surface area contributed by atoms with E-state index in [0.29, 0.717) is 41.2 Å². The zero-order valence-electron chi connectivity index (χ0n) is 22.1. The summed E-state index contributed by atoms with van der Waals surface area (Å²) in [6.45, 7) is 1.54. The Kier molecular flexibility index (Phi) is 8.89. The third-order valence-electron chi connectivity index (χ3n) is 7.02. The van der Waals surface area contributed by atoms with Gasteiger partial charge in [-0.25, -0.2) is 19.9 Å². The average molecular weight is 678 g/mol. The quantitative estimate of drug-likeness (QED) is 0.130. The number of nitrogen functional groups attached to an aromatic ring is 2. The van der Waals surface area contributed by atoms with Gasteiger partial charge in [-0.15, -0.1) is 0 Å². The summed E-state index contributed by atoms with van der Waals surface area (Å²) >= 11 is 2.16. The first-order valence-electron chi connectivity index (χ1n) is 13.0. The molecule has 41 heavy (non-hydrogen) atoms. The first-order valence-corrected chi connectivity index (χ1v) is 14.1. The lowest BCUT2D eigenvalue weighted by Gasteiger charge is -2.14. The van der Waals surface area contributed by atoms with E-state index >= 15 is 0 Å². The molecule has 0 spiro atoms. The zero-order valence-corrected chi connectivity index (χ0v) is 24.3. The summed E-state index contributed by atoms with van der Waals surface area (Å²) in [7, 11) is 0. The normalized spacial score (nSPS) is 25.7. The van der Waals surface area contributed by atoms with Crippen LogP contribution in [0.1, 0.15) is 44.2 Å². The van der Waals surface area contributed by atoms with Crippen LogP contribution in [0.3, 0.4) is 0 Å². The van der Waals surface area contributed by atoms with E-state index in [2.05, 4.69) is 54.4 Å². The molecule has 218 valence electrons. The highest BCUT2D eigenvalue weighted by atomic mass is 127. The molecule has 6 rings (SSSR count). The van der Waals surface area contributed by atoms with Crippen molar-refractivity contribution in [2.75, 3.05) is 24.7 Å². The highest BCUT2D eigenvalue weighted by Gasteiger charge is 2.36. The van der Waals surface area contributed by atoms with Gasteiger partial charge in [0.2, 0.25) is 0 Å². The molecule has 0 aromatic carbocycles. The Morgan fingerprint density at radius 1 is 0.878 bits per heavy atom. The fourth-order valence-electron chi connectivity index (χ4n) is 4.99. The molecular weight excluding hydrogens is 647 g/mol.